The maximum Gasteiger partial charge on any atom is 0.237 e. The van der Waals surface area contributed by atoms with Gasteiger partial charge >= 0.3 is 0 Å². The van der Waals surface area contributed by atoms with Gasteiger partial charge in [-0.2, -0.15) is 0 Å². The smallest absolute Gasteiger partial charge is 0.237 e. The number of amides is 1. The van der Waals surface area contributed by atoms with Crippen molar-refractivity contribution in [2.75, 3.05) is 0 Å². The van der Waals surface area contributed by atoms with Crippen molar-refractivity contribution in [2.45, 2.75) is 46.2 Å². The van der Waals surface area contributed by atoms with E-state index in [1.54, 1.807) is 0 Å². The summed E-state index contributed by atoms with van der Waals surface area (Å²) >= 11 is 0. The molecule has 0 aliphatic rings. The van der Waals surface area contributed by atoms with E-state index in [4.69, 9.17) is 5.73 Å². The SMILES string of the molecule is CC[C@@H](C)NC(=O)[C@H](N)C(C)C. The minimum absolute atomic E-state index is 0.0423. The summed E-state index contributed by atoms with van der Waals surface area (Å²) in [7, 11) is 0. The molecule has 3 N–H and O–H groups in total. The molecule has 0 aliphatic carbocycles. The van der Waals surface area contributed by atoms with Crippen LogP contribution in [0.15, 0.2) is 0 Å². The summed E-state index contributed by atoms with van der Waals surface area (Å²) in [5, 5.41) is 2.85. The van der Waals surface area contributed by atoms with Crippen LogP contribution in [0.4, 0.5) is 0 Å². The van der Waals surface area contributed by atoms with E-state index in [9.17, 15) is 4.79 Å². The molecule has 0 aliphatic heterocycles. The van der Waals surface area contributed by atoms with Crippen LogP contribution < -0.4 is 11.1 Å². The number of hydrogen-bond donors (Lipinski definition) is 2. The monoisotopic (exact) mass is 172 g/mol. The van der Waals surface area contributed by atoms with Crippen molar-refractivity contribution in [3.05, 3.63) is 0 Å². The molecule has 0 heterocycles. The third-order valence-electron chi connectivity index (χ3n) is 2.02. The largest absolute Gasteiger partial charge is 0.352 e. The molecule has 3 nitrogen and oxygen atoms in total. The van der Waals surface area contributed by atoms with E-state index in [1.165, 1.54) is 0 Å². The second kappa shape index (κ2) is 5.14. The summed E-state index contributed by atoms with van der Waals surface area (Å²) in [5.41, 5.74) is 5.65. The van der Waals surface area contributed by atoms with Crippen molar-refractivity contribution in [3.63, 3.8) is 0 Å². The van der Waals surface area contributed by atoms with Crippen molar-refractivity contribution in [3.8, 4) is 0 Å². The van der Waals surface area contributed by atoms with Gasteiger partial charge in [0, 0.05) is 6.04 Å². The highest BCUT2D eigenvalue weighted by Crippen LogP contribution is 1.99. The first-order valence-corrected chi connectivity index (χ1v) is 4.55. The van der Waals surface area contributed by atoms with Crippen LogP contribution >= 0.6 is 0 Å². The Kier molecular flexibility index (Phi) is 4.90. The highest BCUT2D eigenvalue weighted by Gasteiger charge is 2.17. The van der Waals surface area contributed by atoms with Crippen LogP contribution in [0.1, 0.15) is 34.1 Å². The van der Waals surface area contributed by atoms with Crippen LogP contribution in [-0.4, -0.2) is 18.0 Å². The molecule has 0 bridgehead atoms. The van der Waals surface area contributed by atoms with Crippen molar-refractivity contribution >= 4 is 5.91 Å². The number of carbonyl (C=O) groups excluding carboxylic acids is 1. The van der Waals surface area contributed by atoms with E-state index < -0.39 is 0 Å². The Hall–Kier alpha value is -0.570. The van der Waals surface area contributed by atoms with Crippen molar-refractivity contribution in [2.24, 2.45) is 11.7 Å². The second-order valence-corrected chi connectivity index (χ2v) is 3.59. The predicted molar refractivity (Wildman–Crippen MR) is 50.7 cm³/mol. The number of hydrogen-bond acceptors (Lipinski definition) is 2. The van der Waals surface area contributed by atoms with Crippen molar-refractivity contribution in [1.29, 1.82) is 0 Å². The van der Waals surface area contributed by atoms with E-state index in [2.05, 4.69) is 5.32 Å². The average molecular weight is 172 g/mol. The molecule has 2 atom stereocenters. The highest BCUT2D eigenvalue weighted by molar-refractivity contribution is 5.81. The Bertz CT molecular complexity index is 145. The quantitative estimate of drug-likeness (QED) is 0.661. The van der Waals surface area contributed by atoms with Gasteiger partial charge in [0.25, 0.3) is 0 Å². The Balaban J connectivity index is 3.87. The van der Waals surface area contributed by atoms with E-state index in [-0.39, 0.29) is 23.9 Å². The first kappa shape index (κ1) is 11.4. The molecule has 0 aromatic heterocycles. The molecule has 12 heavy (non-hydrogen) atoms. The number of nitrogens with one attached hydrogen (secondary N) is 1. The van der Waals surface area contributed by atoms with Gasteiger partial charge in [-0.25, -0.2) is 0 Å². The van der Waals surface area contributed by atoms with Gasteiger partial charge in [0.05, 0.1) is 6.04 Å². The number of carbonyl (C=O) groups is 1. The van der Waals surface area contributed by atoms with Crippen molar-refractivity contribution in [1.82, 2.24) is 5.32 Å². The highest BCUT2D eigenvalue weighted by atomic mass is 16.2. The third kappa shape index (κ3) is 3.72. The zero-order valence-corrected chi connectivity index (χ0v) is 8.42. The maximum atomic E-state index is 11.3. The molecular weight excluding hydrogens is 152 g/mol. The van der Waals surface area contributed by atoms with Gasteiger partial charge < -0.3 is 11.1 Å². The molecule has 0 spiro atoms. The van der Waals surface area contributed by atoms with Crippen molar-refractivity contribution < 1.29 is 4.79 Å². The molecule has 0 saturated heterocycles. The first-order valence-electron chi connectivity index (χ1n) is 4.55. The molecule has 0 rings (SSSR count). The third-order valence-corrected chi connectivity index (χ3v) is 2.02. The van der Waals surface area contributed by atoms with Gasteiger partial charge in [0.1, 0.15) is 0 Å². The summed E-state index contributed by atoms with van der Waals surface area (Å²) in [4.78, 5) is 11.3. The lowest BCUT2D eigenvalue weighted by molar-refractivity contribution is -0.123. The standard InChI is InChI=1S/C9H20N2O/c1-5-7(4)11-9(12)8(10)6(2)3/h6-8H,5,10H2,1-4H3,(H,11,12)/t7-,8-/m1/s1. The molecular formula is C9H20N2O. The number of rotatable bonds is 4. The molecule has 72 valence electrons. The topological polar surface area (TPSA) is 55.1 Å². The van der Waals surface area contributed by atoms with E-state index in [0.717, 1.165) is 6.42 Å². The zero-order chi connectivity index (χ0) is 9.72. The molecule has 3 heteroatoms. The summed E-state index contributed by atoms with van der Waals surface area (Å²) in [6, 6.07) is -0.152. The van der Waals surface area contributed by atoms with Crippen LogP contribution in [0.25, 0.3) is 0 Å². The van der Waals surface area contributed by atoms with Gasteiger partial charge in [-0.3, -0.25) is 4.79 Å². The van der Waals surface area contributed by atoms with Gasteiger partial charge in [-0.15, -0.1) is 0 Å². The van der Waals surface area contributed by atoms with Crippen LogP contribution in [0.3, 0.4) is 0 Å². The van der Waals surface area contributed by atoms with Gasteiger partial charge in [-0.05, 0) is 19.3 Å². The minimum Gasteiger partial charge on any atom is -0.352 e. The average Bonchev–Trinajstić information content (AvgIpc) is 2.02. The summed E-state index contributed by atoms with van der Waals surface area (Å²) in [6.07, 6.45) is 0.941. The minimum atomic E-state index is -0.376. The Morgan fingerprint density at radius 1 is 1.42 bits per heavy atom. The Labute approximate surface area is 74.7 Å². The van der Waals surface area contributed by atoms with Gasteiger partial charge in [0.15, 0.2) is 0 Å². The molecule has 0 saturated carbocycles. The molecule has 0 radical (unpaired) electrons. The predicted octanol–water partition coefficient (Wildman–Crippen LogP) is 0.884. The zero-order valence-electron chi connectivity index (χ0n) is 8.42. The maximum absolute atomic E-state index is 11.3. The van der Waals surface area contributed by atoms with Crippen LogP contribution in [-0.2, 0) is 4.79 Å². The summed E-state index contributed by atoms with van der Waals surface area (Å²) in [6.45, 7) is 7.90. The molecule has 1 amide bonds. The molecule has 0 aromatic carbocycles. The van der Waals surface area contributed by atoms with Gasteiger partial charge in [0.2, 0.25) is 5.91 Å². The van der Waals surface area contributed by atoms with E-state index in [0.29, 0.717) is 0 Å². The fourth-order valence-electron chi connectivity index (χ4n) is 0.744. The van der Waals surface area contributed by atoms with Crippen LogP contribution in [0.5, 0.6) is 0 Å². The Morgan fingerprint density at radius 3 is 2.25 bits per heavy atom. The lowest BCUT2D eigenvalue weighted by Crippen LogP contribution is -2.46. The number of nitrogens with two attached hydrogens (primary N) is 1. The molecule has 0 unspecified atom stereocenters. The summed E-state index contributed by atoms with van der Waals surface area (Å²) < 4.78 is 0. The van der Waals surface area contributed by atoms with Gasteiger partial charge in [-0.1, -0.05) is 20.8 Å². The lowest BCUT2D eigenvalue weighted by atomic mass is 10.0. The van der Waals surface area contributed by atoms with Crippen LogP contribution in [0.2, 0.25) is 0 Å². The fraction of sp³-hybridized carbons (Fsp3) is 0.889. The van der Waals surface area contributed by atoms with E-state index >= 15 is 0 Å². The lowest BCUT2D eigenvalue weighted by Gasteiger charge is -2.18. The fourth-order valence-corrected chi connectivity index (χ4v) is 0.744. The molecule has 0 fully saturated rings. The normalized spacial score (nSPS) is 15.8. The van der Waals surface area contributed by atoms with E-state index in [1.807, 2.05) is 27.7 Å². The second-order valence-electron chi connectivity index (χ2n) is 3.59. The Morgan fingerprint density at radius 2 is 1.92 bits per heavy atom. The van der Waals surface area contributed by atoms with Crippen LogP contribution in [0, 0.1) is 5.92 Å². The summed E-state index contributed by atoms with van der Waals surface area (Å²) in [5.74, 6) is 0.161. The first-order chi connectivity index (χ1) is 5.49. The molecule has 0 aromatic rings.